The highest BCUT2D eigenvalue weighted by molar-refractivity contribution is 5.77. The van der Waals surface area contributed by atoms with Crippen molar-refractivity contribution in [3.63, 3.8) is 0 Å². The first kappa shape index (κ1) is 16.3. The van der Waals surface area contributed by atoms with Gasteiger partial charge in [0, 0.05) is 0 Å². The van der Waals surface area contributed by atoms with Crippen LogP contribution in [0.25, 0.3) is 0 Å². The van der Waals surface area contributed by atoms with E-state index < -0.39 is 11.4 Å². The number of carboxylic acid groups (broad SMARTS) is 1. The Morgan fingerprint density at radius 1 is 0.957 bits per heavy atom. The van der Waals surface area contributed by atoms with E-state index >= 15 is 0 Å². The zero-order valence-electron chi connectivity index (χ0n) is 14.8. The van der Waals surface area contributed by atoms with E-state index in [-0.39, 0.29) is 10.8 Å². The van der Waals surface area contributed by atoms with Gasteiger partial charge in [-0.15, -0.1) is 0 Å². The zero-order chi connectivity index (χ0) is 16.9. The van der Waals surface area contributed by atoms with E-state index in [4.69, 9.17) is 0 Å². The number of hydrogen-bond donors (Lipinski definition) is 1. The summed E-state index contributed by atoms with van der Waals surface area (Å²) < 4.78 is 0. The molecule has 2 heteroatoms. The highest BCUT2D eigenvalue weighted by atomic mass is 16.4. The molecule has 0 unspecified atom stereocenters. The fourth-order valence-corrected chi connectivity index (χ4v) is 4.51. The summed E-state index contributed by atoms with van der Waals surface area (Å²) in [4.78, 5) is 12.3. The molecule has 0 atom stereocenters. The van der Waals surface area contributed by atoms with Crippen LogP contribution in [-0.2, 0) is 11.2 Å². The zero-order valence-corrected chi connectivity index (χ0v) is 14.8. The predicted octanol–water partition coefficient (Wildman–Crippen LogP) is 5.24. The average Bonchev–Trinajstić information content (AvgIpc) is 2.89. The molecule has 0 bridgehead atoms. The molecule has 23 heavy (non-hydrogen) atoms. The number of carboxylic acids is 1. The van der Waals surface area contributed by atoms with Crippen LogP contribution in [0.3, 0.4) is 0 Å². The summed E-state index contributed by atoms with van der Waals surface area (Å²) in [7, 11) is 0. The van der Waals surface area contributed by atoms with Crippen LogP contribution in [0.2, 0.25) is 0 Å². The van der Waals surface area contributed by atoms with Gasteiger partial charge in [0.2, 0.25) is 0 Å². The monoisotopic (exact) mass is 312 g/mol. The molecule has 1 aromatic carbocycles. The van der Waals surface area contributed by atoms with Crippen molar-refractivity contribution in [2.75, 3.05) is 0 Å². The van der Waals surface area contributed by atoms with Crippen molar-refractivity contribution in [1.29, 1.82) is 0 Å². The van der Waals surface area contributed by atoms with Gasteiger partial charge in [-0.2, -0.15) is 0 Å². The largest absolute Gasteiger partial charge is 0.481 e. The summed E-state index contributed by atoms with van der Waals surface area (Å²) in [5.74, 6) is -0.637. The van der Waals surface area contributed by atoms with Gasteiger partial charge in [-0.1, -0.05) is 69.2 Å². The quantitative estimate of drug-likeness (QED) is 0.775. The highest BCUT2D eigenvalue weighted by Gasteiger charge is 2.52. The molecule has 124 valence electrons. The number of aliphatic carboxylic acids is 1. The molecule has 0 aliphatic heterocycles. The Morgan fingerprint density at radius 3 is 1.87 bits per heavy atom. The molecular formula is C21H28O2. The first-order chi connectivity index (χ1) is 10.7. The Bertz CT molecular complexity index is 622. The molecule has 0 fully saturated rings. The van der Waals surface area contributed by atoms with E-state index in [1.807, 2.05) is 18.2 Å². The number of benzene rings is 1. The average molecular weight is 312 g/mol. The van der Waals surface area contributed by atoms with Crippen molar-refractivity contribution in [2.45, 2.75) is 59.8 Å². The fraction of sp³-hybridized carbons (Fsp3) is 0.571. The second kappa shape index (κ2) is 5.22. The summed E-state index contributed by atoms with van der Waals surface area (Å²) >= 11 is 0. The first-order valence-corrected chi connectivity index (χ1v) is 8.67. The maximum absolute atomic E-state index is 12.3. The smallest absolute Gasteiger partial charge is 0.310 e. The van der Waals surface area contributed by atoms with Crippen LogP contribution >= 0.6 is 0 Å². The Hall–Kier alpha value is -1.57. The maximum Gasteiger partial charge on any atom is 0.310 e. The second-order valence-electron chi connectivity index (χ2n) is 8.83. The molecule has 0 saturated heterocycles. The van der Waals surface area contributed by atoms with Gasteiger partial charge in [-0.25, -0.2) is 0 Å². The molecule has 1 N–H and O–H groups in total. The Balaban J connectivity index is 1.99. The van der Waals surface area contributed by atoms with Gasteiger partial charge in [-0.05, 0) is 48.5 Å². The van der Waals surface area contributed by atoms with Crippen LogP contribution < -0.4 is 0 Å². The van der Waals surface area contributed by atoms with Crippen molar-refractivity contribution >= 4 is 5.97 Å². The molecule has 1 aromatic rings. The lowest BCUT2D eigenvalue weighted by Gasteiger charge is -2.41. The van der Waals surface area contributed by atoms with Crippen LogP contribution in [0.1, 0.15) is 58.9 Å². The number of allylic oxidation sites excluding steroid dienone is 2. The fourth-order valence-electron chi connectivity index (χ4n) is 4.51. The lowest BCUT2D eigenvalue weighted by Crippen LogP contribution is -2.32. The maximum atomic E-state index is 12.3. The van der Waals surface area contributed by atoms with Gasteiger partial charge in [0.1, 0.15) is 0 Å². The lowest BCUT2D eigenvalue weighted by molar-refractivity contribution is -0.148. The van der Waals surface area contributed by atoms with Crippen LogP contribution in [0.5, 0.6) is 0 Å². The van der Waals surface area contributed by atoms with Crippen molar-refractivity contribution in [1.82, 2.24) is 0 Å². The Labute approximate surface area is 139 Å². The molecule has 0 amide bonds. The normalized spacial score (nSPS) is 24.3. The van der Waals surface area contributed by atoms with Gasteiger partial charge >= 0.3 is 5.97 Å². The molecule has 0 saturated carbocycles. The number of rotatable bonds is 3. The van der Waals surface area contributed by atoms with E-state index in [1.54, 1.807) is 0 Å². The van der Waals surface area contributed by atoms with Gasteiger partial charge < -0.3 is 5.11 Å². The summed E-state index contributed by atoms with van der Waals surface area (Å²) in [6, 6.07) is 10.1. The van der Waals surface area contributed by atoms with E-state index in [0.29, 0.717) is 19.3 Å². The SMILES string of the molecule is CC1(C)CCC(C)(C)C2=C1CC(Cc1ccccc1)(C(=O)O)C2. The summed E-state index contributed by atoms with van der Waals surface area (Å²) in [5.41, 5.74) is 3.59. The van der Waals surface area contributed by atoms with Gasteiger partial charge in [0.25, 0.3) is 0 Å². The topological polar surface area (TPSA) is 37.3 Å². The summed E-state index contributed by atoms with van der Waals surface area (Å²) in [6.07, 6.45) is 4.36. The molecule has 2 aliphatic rings. The standard InChI is InChI=1S/C21H28O2/c1-19(2)10-11-20(3,4)17-14-21(18(22)23,13-16(17)19)12-15-8-6-5-7-9-15/h5-9H,10-14H2,1-4H3,(H,22,23). The van der Waals surface area contributed by atoms with Crippen molar-refractivity contribution in [3.05, 3.63) is 47.0 Å². The van der Waals surface area contributed by atoms with Gasteiger partial charge in [-0.3, -0.25) is 4.79 Å². The van der Waals surface area contributed by atoms with Crippen molar-refractivity contribution in [3.8, 4) is 0 Å². The molecule has 2 aliphatic carbocycles. The number of carbonyl (C=O) groups is 1. The third-order valence-electron chi connectivity index (χ3n) is 6.24. The van der Waals surface area contributed by atoms with E-state index in [0.717, 1.165) is 18.4 Å². The Morgan fingerprint density at radius 2 is 1.43 bits per heavy atom. The van der Waals surface area contributed by atoms with Crippen LogP contribution in [0, 0.1) is 16.2 Å². The second-order valence-corrected chi connectivity index (χ2v) is 8.83. The third-order valence-corrected chi connectivity index (χ3v) is 6.24. The van der Waals surface area contributed by atoms with Crippen LogP contribution in [-0.4, -0.2) is 11.1 Å². The molecule has 0 radical (unpaired) electrons. The highest BCUT2D eigenvalue weighted by Crippen LogP contribution is 2.60. The summed E-state index contributed by atoms with van der Waals surface area (Å²) in [5, 5.41) is 10.1. The van der Waals surface area contributed by atoms with Crippen LogP contribution in [0.4, 0.5) is 0 Å². The molecule has 2 nitrogen and oxygen atoms in total. The van der Waals surface area contributed by atoms with E-state index in [2.05, 4.69) is 39.8 Å². The minimum Gasteiger partial charge on any atom is -0.481 e. The van der Waals surface area contributed by atoms with Gasteiger partial charge in [0.15, 0.2) is 0 Å². The van der Waals surface area contributed by atoms with Gasteiger partial charge in [0.05, 0.1) is 5.41 Å². The minimum absolute atomic E-state index is 0.138. The molecule has 0 aromatic heterocycles. The minimum atomic E-state index is -0.662. The van der Waals surface area contributed by atoms with Crippen LogP contribution in [0.15, 0.2) is 41.5 Å². The molecule has 0 heterocycles. The van der Waals surface area contributed by atoms with E-state index in [1.165, 1.54) is 11.1 Å². The molecule has 0 spiro atoms. The van der Waals surface area contributed by atoms with Crippen molar-refractivity contribution < 1.29 is 9.90 Å². The van der Waals surface area contributed by atoms with Crippen molar-refractivity contribution in [2.24, 2.45) is 16.2 Å². The summed E-state index contributed by atoms with van der Waals surface area (Å²) in [6.45, 7) is 9.16. The third kappa shape index (κ3) is 2.73. The molecule has 3 rings (SSSR count). The van der Waals surface area contributed by atoms with E-state index in [9.17, 15) is 9.90 Å². The number of hydrogen-bond acceptors (Lipinski definition) is 1. The lowest BCUT2D eigenvalue weighted by atomic mass is 9.64. The predicted molar refractivity (Wildman–Crippen MR) is 93.3 cm³/mol. The first-order valence-electron chi connectivity index (χ1n) is 8.67. The Kier molecular flexibility index (Phi) is 3.70. The molecular weight excluding hydrogens is 284 g/mol.